The van der Waals surface area contributed by atoms with Crippen molar-refractivity contribution in [1.29, 1.82) is 0 Å². The third-order valence-corrected chi connectivity index (χ3v) is 5.41. The maximum atomic E-state index is 12.9. The first-order valence-corrected chi connectivity index (χ1v) is 10.9. The van der Waals surface area contributed by atoms with Gasteiger partial charge in [-0.1, -0.05) is 6.07 Å². The van der Waals surface area contributed by atoms with Gasteiger partial charge in [0.25, 0.3) is 6.08 Å². The molecular formula is C23H21F5N6O4. The quantitative estimate of drug-likeness (QED) is 0.422. The molecule has 1 aliphatic rings. The van der Waals surface area contributed by atoms with Crippen LogP contribution >= 0.6 is 0 Å². The van der Waals surface area contributed by atoms with Crippen molar-refractivity contribution in [2.75, 3.05) is 11.9 Å². The highest BCUT2D eigenvalue weighted by Gasteiger charge is 2.38. The van der Waals surface area contributed by atoms with Gasteiger partial charge in [-0.3, -0.25) is 4.79 Å². The second kappa shape index (κ2) is 11.3. The van der Waals surface area contributed by atoms with E-state index in [0.29, 0.717) is 24.4 Å². The SMILES string of the molecule is Cc1cc(-c2cccc(-n3cnn(CC(CN)=C(F)F)c3=O)n2)cc2c1NC(=O)CC2.O=C(O)C(F)(F)F. The van der Waals surface area contributed by atoms with E-state index in [0.717, 1.165) is 27.1 Å². The van der Waals surface area contributed by atoms with Gasteiger partial charge >= 0.3 is 17.8 Å². The van der Waals surface area contributed by atoms with Gasteiger partial charge in [-0.2, -0.15) is 27.1 Å². The highest BCUT2D eigenvalue weighted by atomic mass is 19.4. The van der Waals surface area contributed by atoms with Gasteiger partial charge in [-0.15, -0.1) is 0 Å². The summed E-state index contributed by atoms with van der Waals surface area (Å²) in [6.45, 7) is 1.16. The summed E-state index contributed by atoms with van der Waals surface area (Å²) in [6, 6.07) is 9.10. The van der Waals surface area contributed by atoms with Crippen molar-refractivity contribution in [3.05, 3.63) is 69.9 Å². The maximum Gasteiger partial charge on any atom is 0.490 e. The number of pyridine rings is 1. The largest absolute Gasteiger partial charge is 0.490 e. The molecule has 3 heterocycles. The van der Waals surface area contributed by atoms with E-state index in [2.05, 4.69) is 15.4 Å². The summed E-state index contributed by atoms with van der Waals surface area (Å²) in [5.74, 6) is -2.44. The Hall–Kier alpha value is -4.40. The predicted octanol–water partition coefficient (Wildman–Crippen LogP) is 3.03. The second-order valence-electron chi connectivity index (χ2n) is 8.07. The molecule has 4 rings (SSSR count). The van der Waals surface area contributed by atoms with Crippen LogP contribution in [-0.4, -0.2) is 49.0 Å². The monoisotopic (exact) mass is 540 g/mol. The first-order valence-electron chi connectivity index (χ1n) is 10.9. The maximum absolute atomic E-state index is 12.9. The van der Waals surface area contributed by atoms with Crippen molar-refractivity contribution in [2.24, 2.45) is 5.73 Å². The fourth-order valence-corrected chi connectivity index (χ4v) is 3.54. The number of aromatic nitrogens is 4. The molecule has 4 N–H and O–H groups in total. The Morgan fingerprint density at radius 1 is 1.18 bits per heavy atom. The fourth-order valence-electron chi connectivity index (χ4n) is 3.54. The molecule has 1 amide bonds. The summed E-state index contributed by atoms with van der Waals surface area (Å²) < 4.78 is 59.6. The lowest BCUT2D eigenvalue weighted by atomic mass is 9.95. The van der Waals surface area contributed by atoms with E-state index in [4.69, 9.17) is 15.6 Å². The van der Waals surface area contributed by atoms with Crippen LogP contribution in [0.3, 0.4) is 0 Å². The molecule has 0 saturated carbocycles. The van der Waals surface area contributed by atoms with Gasteiger partial charge in [0.15, 0.2) is 0 Å². The summed E-state index contributed by atoms with van der Waals surface area (Å²) in [7, 11) is 0. The minimum atomic E-state index is -5.08. The van der Waals surface area contributed by atoms with Gasteiger partial charge in [0.05, 0.1) is 12.2 Å². The number of anilines is 1. The molecule has 1 aromatic carbocycles. The van der Waals surface area contributed by atoms with E-state index in [1.807, 2.05) is 25.1 Å². The van der Waals surface area contributed by atoms with E-state index in [1.165, 1.54) is 10.9 Å². The first-order chi connectivity index (χ1) is 17.8. The van der Waals surface area contributed by atoms with E-state index in [9.17, 15) is 31.5 Å². The van der Waals surface area contributed by atoms with Crippen molar-refractivity contribution in [3.63, 3.8) is 0 Å². The number of benzene rings is 1. The number of carbonyl (C=O) groups is 2. The van der Waals surface area contributed by atoms with Crippen LogP contribution < -0.4 is 16.7 Å². The smallest absolute Gasteiger partial charge is 0.475 e. The van der Waals surface area contributed by atoms with Crippen molar-refractivity contribution in [2.45, 2.75) is 32.5 Å². The predicted molar refractivity (Wildman–Crippen MR) is 125 cm³/mol. The summed E-state index contributed by atoms with van der Waals surface area (Å²) in [5, 5.41) is 13.9. The zero-order chi connectivity index (χ0) is 28.2. The van der Waals surface area contributed by atoms with Crippen LogP contribution in [0.1, 0.15) is 17.5 Å². The fraction of sp³-hybridized carbons (Fsp3) is 0.261. The lowest BCUT2D eigenvalue weighted by Gasteiger charge is -2.20. The third-order valence-electron chi connectivity index (χ3n) is 5.41. The van der Waals surface area contributed by atoms with E-state index in [1.54, 1.807) is 12.1 Å². The van der Waals surface area contributed by atoms with Gasteiger partial charge in [0, 0.05) is 29.8 Å². The number of hydrogen-bond donors (Lipinski definition) is 3. The minimum absolute atomic E-state index is 0.000129. The summed E-state index contributed by atoms with van der Waals surface area (Å²) in [4.78, 5) is 37.8. The average molecular weight is 540 g/mol. The van der Waals surface area contributed by atoms with E-state index >= 15 is 0 Å². The number of nitrogens with two attached hydrogens (primary N) is 1. The lowest BCUT2D eigenvalue weighted by molar-refractivity contribution is -0.192. The third kappa shape index (κ3) is 6.47. The lowest BCUT2D eigenvalue weighted by Crippen LogP contribution is -2.26. The molecule has 0 radical (unpaired) electrons. The number of amides is 1. The van der Waals surface area contributed by atoms with Crippen LogP contribution in [-0.2, 0) is 22.6 Å². The van der Waals surface area contributed by atoms with Gasteiger partial charge < -0.3 is 16.2 Å². The van der Waals surface area contributed by atoms with Crippen LogP contribution in [0.15, 0.2) is 53.1 Å². The number of nitrogens with zero attached hydrogens (tertiary/aromatic N) is 4. The number of halogens is 5. The summed E-state index contributed by atoms with van der Waals surface area (Å²) in [5.41, 5.74) is 8.64. The Kier molecular flexibility index (Phi) is 8.40. The van der Waals surface area contributed by atoms with Gasteiger partial charge in [-0.05, 0) is 48.7 Å². The molecule has 0 saturated heterocycles. The number of alkyl halides is 3. The number of nitrogens with one attached hydrogen (secondary N) is 1. The highest BCUT2D eigenvalue weighted by Crippen LogP contribution is 2.31. The standard InChI is InChI=1S/C21H20F2N6O2.C2HF3O2/c1-12-7-14(8-13-5-6-18(30)27-19(12)13)16-3-2-4-17(26-16)28-11-25-29(21(28)31)10-15(9-24)20(22)23;3-2(4,5)1(6)7/h2-4,7-8,11H,5-6,9-10,24H2,1H3,(H,27,30);(H,6,7). The van der Waals surface area contributed by atoms with Crippen molar-refractivity contribution < 1.29 is 36.6 Å². The Labute approximate surface area is 211 Å². The molecule has 0 spiro atoms. The number of carboxylic acids is 1. The van der Waals surface area contributed by atoms with E-state index in [-0.39, 0.29) is 24.6 Å². The molecule has 38 heavy (non-hydrogen) atoms. The normalized spacial score (nSPS) is 12.7. The molecule has 202 valence electrons. The average Bonchev–Trinajstić information content (AvgIpc) is 3.22. The number of rotatable bonds is 5. The van der Waals surface area contributed by atoms with Gasteiger partial charge in [0.1, 0.15) is 12.1 Å². The second-order valence-corrected chi connectivity index (χ2v) is 8.07. The van der Waals surface area contributed by atoms with Crippen LogP contribution in [0, 0.1) is 6.92 Å². The molecule has 0 bridgehead atoms. The van der Waals surface area contributed by atoms with Crippen molar-refractivity contribution in [1.82, 2.24) is 19.3 Å². The molecule has 0 unspecified atom stereocenters. The molecular weight excluding hydrogens is 519 g/mol. The first kappa shape index (κ1) is 28.2. The zero-order valence-electron chi connectivity index (χ0n) is 19.7. The van der Waals surface area contributed by atoms with Gasteiger partial charge in [-0.25, -0.2) is 23.8 Å². The van der Waals surface area contributed by atoms with Crippen molar-refractivity contribution in [3.8, 4) is 17.1 Å². The van der Waals surface area contributed by atoms with Crippen molar-refractivity contribution >= 4 is 17.6 Å². The molecule has 0 atom stereocenters. The Morgan fingerprint density at radius 2 is 1.87 bits per heavy atom. The summed E-state index contributed by atoms with van der Waals surface area (Å²) in [6.07, 6.45) is -4.68. The van der Waals surface area contributed by atoms with Crippen LogP contribution in [0.25, 0.3) is 17.1 Å². The molecule has 3 aromatic rings. The molecule has 1 aliphatic heterocycles. The molecule has 2 aromatic heterocycles. The number of carbonyl (C=O) groups excluding carboxylic acids is 1. The van der Waals surface area contributed by atoms with Crippen LogP contribution in [0.4, 0.5) is 27.6 Å². The Bertz CT molecular complexity index is 1460. The minimum Gasteiger partial charge on any atom is -0.475 e. The van der Waals surface area contributed by atoms with Gasteiger partial charge in [0.2, 0.25) is 5.91 Å². The number of hydrogen-bond acceptors (Lipinski definition) is 6. The van der Waals surface area contributed by atoms with E-state index < -0.39 is 23.9 Å². The topological polar surface area (TPSA) is 145 Å². The molecule has 0 aliphatic carbocycles. The Morgan fingerprint density at radius 3 is 2.47 bits per heavy atom. The number of carboxylic acid groups (broad SMARTS) is 1. The summed E-state index contributed by atoms with van der Waals surface area (Å²) >= 11 is 0. The van der Waals surface area contributed by atoms with Crippen LogP contribution in [0.5, 0.6) is 0 Å². The number of fused-ring (bicyclic) bond motifs is 1. The molecule has 10 nitrogen and oxygen atoms in total. The zero-order valence-corrected chi connectivity index (χ0v) is 19.7. The number of aryl methyl sites for hydroxylation is 2. The Balaban J connectivity index is 0.000000505. The number of aliphatic carboxylic acids is 1. The highest BCUT2D eigenvalue weighted by molar-refractivity contribution is 5.95. The molecule has 0 fully saturated rings. The molecule has 15 heteroatoms. The van der Waals surface area contributed by atoms with Crippen LogP contribution in [0.2, 0.25) is 0 Å².